The number of nitrogens with one attached hydrogen (secondary N) is 1. The van der Waals surface area contributed by atoms with Crippen LogP contribution in [0.1, 0.15) is 11.1 Å². The Morgan fingerprint density at radius 3 is 2.96 bits per heavy atom. The second-order valence-corrected chi connectivity index (χ2v) is 7.35. The van der Waals surface area contributed by atoms with Gasteiger partial charge in [-0.3, -0.25) is 9.78 Å². The molecule has 1 aliphatic heterocycles. The molecule has 1 N–H and O–H groups in total. The number of aliphatic imine (C=N–C) groups is 1. The topological polar surface area (TPSA) is 63.6 Å². The second-order valence-electron chi connectivity index (χ2n) is 6.32. The summed E-state index contributed by atoms with van der Waals surface area (Å²) in [5, 5.41) is 4.93. The van der Waals surface area contributed by atoms with Gasteiger partial charge in [-0.05, 0) is 65.7 Å². The van der Waals surface area contributed by atoms with Crippen LogP contribution in [0.5, 0.6) is 5.75 Å². The van der Waals surface area contributed by atoms with Crippen LogP contribution in [0.4, 0.5) is 0 Å². The Hall–Kier alpha value is -3.12. The highest BCUT2D eigenvalue weighted by atomic mass is 32.2. The quantitative estimate of drug-likeness (QED) is 0.667. The molecule has 0 spiro atoms. The highest BCUT2D eigenvalue weighted by molar-refractivity contribution is 8.18. The smallest absolute Gasteiger partial charge is 0.286 e. The number of amidine groups is 1. The first-order valence-electron chi connectivity index (χ1n) is 8.95. The van der Waals surface area contributed by atoms with Crippen molar-refractivity contribution in [1.82, 2.24) is 10.3 Å². The van der Waals surface area contributed by atoms with Crippen molar-refractivity contribution in [3.8, 4) is 5.75 Å². The van der Waals surface area contributed by atoms with Crippen LogP contribution in [-0.2, 0) is 11.2 Å². The first kappa shape index (κ1) is 18.3. The van der Waals surface area contributed by atoms with E-state index < -0.39 is 0 Å². The summed E-state index contributed by atoms with van der Waals surface area (Å²) in [4.78, 5) is 21.3. The first-order chi connectivity index (χ1) is 13.7. The fraction of sp³-hybridized carbons (Fsp3) is 0.136. The third-order valence-electron chi connectivity index (χ3n) is 4.37. The van der Waals surface area contributed by atoms with Crippen molar-refractivity contribution in [3.05, 3.63) is 76.8 Å². The fourth-order valence-electron chi connectivity index (χ4n) is 2.96. The molecule has 0 radical (unpaired) electrons. The van der Waals surface area contributed by atoms with Gasteiger partial charge in [-0.1, -0.05) is 24.3 Å². The van der Waals surface area contributed by atoms with E-state index in [1.165, 1.54) is 17.3 Å². The Morgan fingerprint density at radius 1 is 1.14 bits per heavy atom. The molecule has 0 atom stereocenters. The van der Waals surface area contributed by atoms with Crippen molar-refractivity contribution in [2.75, 3.05) is 13.7 Å². The van der Waals surface area contributed by atoms with Gasteiger partial charge < -0.3 is 10.1 Å². The maximum atomic E-state index is 12.2. The molecule has 6 heteroatoms. The minimum absolute atomic E-state index is 0.208. The molecule has 5 nitrogen and oxygen atoms in total. The largest absolute Gasteiger partial charge is 0.497 e. The van der Waals surface area contributed by atoms with Crippen LogP contribution < -0.4 is 10.1 Å². The Balaban J connectivity index is 1.38. The predicted molar refractivity (Wildman–Crippen MR) is 114 cm³/mol. The van der Waals surface area contributed by atoms with Gasteiger partial charge in [0, 0.05) is 18.1 Å². The van der Waals surface area contributed by atoms with E-state index in [4.69, 9.17) is 4.74 Å². The molecule has 3 aromatic rings. The molecule has 0 unspecified atom stereocenters. The Bertz CT molecular complexity index is 1090. The summed E-state index contributed by atoms with van der Waals surface area (Å²) in [7, 11) is 1.66. The number of carbonyl (C=O) groups excluding carboxylic acids is 1. The standard InChI is InChI=1S/C22H19N3O2S/c1-27-18-6-2-4-15(13-18)9-11-24-22-25-21(26)20(28-22)14-16-7-8-19-17(12-16)5-3-10-23-19/h2-8,10,12-14H,9,11H2,1H3,(H,24,25,26)/b20-14-. The van der Waals surface area contributed by atoms with E-state index in [-0.39, 0.29) is 5.91 Å². The molecule has 2 aromatic carbocycles. The van der Waals surface area contributed by atoms with Gasteiger partial charge in [-0.25, -0.2) is 0 Å². The molecule has 0 aliphatic carbocycles. The molecule has 0 bridgehead atoms. The molecule has 0 saturated heterocycles. The highest BCUT2D eigenvalue weighted by Gasteiger charge is 2.21. The molecule has 2 heterocycles. The summed E-state index contributed by atoms with van der Waals surface area (Å²) in [6.07, 6.45) is 4.47. The van der Waals surface area contributed by atoms with E-state index in [0.29, 0.717) is 16.6 Å². The lowest BCUT2D eigenvalue weighted by atomic mass is 10.1. The van der Waals surface area contributed by atoms with E-state index in [9.17, 15) is 4.79 Å². The van der Waals surface area contributed by atoms with Crippen LogP contribution in [-0.4, -0.2) is 29.7 Å². The molecule has 0 saturated carbocycles. The normalized spacial score (nSPS) is 15.1. The summed E-state index contributed by atoms with van der Waals surface area (Å²) >= 11 is 1.37. The van der Waals surface area contributed by atoms with Crippen molar-refractivity contribution in [3.63, 3.8) is 0 Å². The lowest BCUT2D eigenvalue weighted by Crippen LogP contribution is -2.21. The number of hydrogen-bond donors (Lipinski definition) is 1. The minimum Gasteiger partial charge on any atom is -0.497 e. The van der Waals surface area contributed by atoms with E-state index in [2.05, 4.69) is 21.4 Å². The van der Waals surface area contributed by atoms with Gasteiger partial charge >= 0.3 is 0 Å². The predicted octanol–water partition coefficient (Wildman–Crippen LogP) is 4.05. The van der Waals surface area contributed by atoms with Crippen LogP contribution in [0.2, 0.25) is 0 Å². The monoisotopic (exact) mass is 389 g/mol. The van der Waals surface area contributed by atoms with Crippen molar-refractivity contribution >= 4 is 39.8 Å². The summed E-state index contributed by atoms with van der Waals surface area (Å²) in [6, 6.07) is 17.8. The lowest BCUT2D eigenvalue weighted by Gasteiger charge is -2.06. The van der Waals surface area contributed by atoms with Gasteiger partial charge in [0.25, 0.3) is 5.91 Å². The summed E-state index contributed by atoms with van der Waals surface area (Å²) < 4.78 is 5.24. The van der Waals surface area contributed by atoms with Crippen molar-refractivity contribution in [2.45, 2.75) is 6.42 Å². The zero-order valence-electron chi connectivity index (χ0n) is 15.4. The number of thioether (sulfide) groups is 1. The number of rotatable bonds is 5. The third kappa shape index (κ3) is 4.23. The van der Waals surface area contributed by atoms with Crippen LogP contribution in [0, 0.1) is 0 Å². The van der Waals surface area contributed by atoms with Gasteiger partial charge in [0.15, 0.2) is 5.17 Å². The molecular weight excluding hydrogens is 370 g/mol. The number of fused-ring (bicyclic) bond motifs is 1. The summed E-state index contributed by atoms with van der Waals surface area (Å²) in [6.45, 7) is 0.696. The molecule has 1 amide bonds. The van der Waals surface area contributed by atoms with Crippen molar-refractivity contribution < 1.29 is 9.53 Å². The second kappa shape index (κ2) is 8.27. The Morgan fingerprint density at radius 2 is 2.07 bits per heavy atom. The number of carbonyl (C=O) groups is 1. The van der Waals surface area contributed by atoms with Crippen LogP contribution in [0.3, 0.4) is 0 Å². The third-order valence-corrected chi connectivity index (χ3v) is 5.31. The van der Waals surface area contributed by atoms with Crippen LogP contribution in [0.25, 0.3) is 17.0 Å². The van der Waals surface area contributed by atoms with Crippen molar-refractivity contribution in [1.29, 1.82) is 0 Å². The number of ether oxygens (including phenoxy) is 1. The molecule has 140 valence electrons. The van der Waals surface area contributed by atoms with Gasteiger partial charge in [-0.2, -0.15) is 4.99 Å². The van der Waals surface area contributed by atoms with Crippen LogP contribution >= 0.6 is 11.8 Å². The first-order valence-corrected chi connectivity index (χ1v) is 9.77. The lowest BCUT2D eigenvalue weighted by molar-refractivity contribution is -0.113. The number of hydrogen-bond acceptors (Lipinski definition) is 5. The highest BCUT2D eigenvalue weighted by Crippen LogP contribution is 2.28. The number of amides is 1. The van der Waals surface area contributed by atoms with Gasteiger partial charge in [0.2, 0.25) is 0 Å². The number of methoxy groups -OCH3 is 1. The van der Waals surface area contributed by atoms with Gasteiger partial charge in [-0.15, -0.1) is 0 Å². The number of aromatic nitrogens is 1. The number of nitrogens with zero attached hydrogens (tertiary/aromatic N) is 2. The number of pyridine rings is 1. The minimum atomic E-state index is -0.208. The molecule has 1 aliphatic rings. The molecule has 1 aromatic heterocycles. The average molecular weight is 389 g/mol. The van der Waals surface area contributed by atoms with Gasteiger partial charge in [0.1, 0.15) is 5.75 Å². The van der Waals surface area contributed by atoms with E-state index in [1.807, 2.05) is 54.6 Å². The van der Waals surface area contributed by atoms with E-state index >= 15 is 0 Å². The van der Waals surface area contributed by atoms with E-state index in [0.717, 1.165) is 28.6 Å². The van der Waals surface area contributed by atoms with Crippen LogP contribution in [0.15, 0.2) is 70.7 Å². The van der Waals surface area contributed by atoms with Gasteiger partial charge in [0.05, 0.1) is 17.5 Å². The van der Waals surface area contributed by atoms with E-state index in [1.54, 1.807) is 13.3 Å². The number of benzene rings is 2. The Labute approximate surface area is 167 Å². The average Bonchev–Trinajstić information content (AvgIpc) is 3.07. The molecular formula is C22H19N3O2S. The summed E-state index contributed by atoms with van der Waals surface area (Å²) in [5.41, 5.74) is 3.07. The molecule has 0 fully saturated rings. The maximum Gasteiger partial charge on any atom is 0.286 e. The zero-order chi connectivity index (χ0) is 19.3. The fourth-order valence-corrected chi connectivity index (χ4v) is 3.80. The zero-order valence-corrected chi connectivity index (χ0v) is 16.2. The molecule has 28 heavy (non-hydrogen) atoms. The molecule has 4 rings (SSSR count). The SMILES string of the molecule is COc1cccc(CCNC2=NC(=O)/C(=C/c3ccc4ncccc4c3)S2)c1. The maximum absolute atomic E-state index is 12.2. The summed E-state index contributed by atoms with van der Waals surface area (Å²) in [5.74, 6) is 0.635. The Kier molecular flexibility index (Phi) is 5.39. The van der Waals surface area contributed by atoms with Crippen molar-refractivity contribution in [2.24, 2.45) is 4.99 Å².